The summed E-state index contributed by atoms with van der Waals surface area (Å²) in [4.78, 5) is 4.09. The van der Waals surface area contributed by atoms with Crippen LogP contribution in [0.25, 0.3) is 27.5 Å². The van der Waals surface area contributed by atoms with Gasteiger partial charge in [0.1, 0.15) is 12.1 Å². The van der Waals surface area contributed by atoms with Gasteiger partial charge in [0.2, 0.25) is 0 Å². The highest BCUT2D eigenvalue weighted by Gasteiger charge is 2.11. The molecule has 96 valence electrons. The number of fused-ring (bicyclic) bond motifs is 2. The van der Waals surface area contributed by atoms with Gasteiger partial charge in [0.05, 0.1) is 0 Å². The highest BCUT2D eigenvalue weighted by Crippen LogP contribution is 2.30. The maximum atomic E-state index is 14.3. The molecule has 0 radical (unpaired) electrons. The number of pyridine rings is 2. The van der Waals surface area contributed by atoms with E-state index in [-0.39, 0.29) is 5.82 Å². The van der Waals surface area contributed by atoms with Gasteiger partial charge in [0.15, 0.2) is 5.65 Å². The monoisotopic (exact) mass is 264 g/mol. The Bertz CT molecular complexity index is 929. The zero-order valence-electron chi connectivity index (χ0n) is 10.4. The first-order chi connectivity index (χ1) is 9.83. The quantitative estimate of drug-likeness (QED) is 0.530. The molecule has 0 aliphatic carbocycles. The lowest BCUT2D eigenvalue weighted by molar-refractivity contribution is 0.633. The van der Waals surface area contributed by atoms with Crippen molar-refractivity contribution in [2.45, 2.75) is 0 Å². The molecule has 0 spiro atoms. The molecule has 0 fully saturated rings. The first-order valence-electron chi connectivity index (χ1n) is 6.15. The van der Waals surface area contributed by atoms with E-state index in [1.165, 1.54) is 6.07 Å². The fourth-order valence-corrected chi connectivity index (χ4v) is 2.40. The molecule has 0 aliphatic heterocycles. The van der Waals surface area contributed by atoms with Gasteiger partial charge in [-0.05, 0) is 29.7 Å². The van der Waals surface area contributed by atoms with Crippen LogP contribution < -0.4 is 0 Å². The lowest BCUT2D eigenvalue weighted by atomic mass is 10.0. The summed E-state index contributed by atoms with van der Waals surface area (Å²) in [7, 11) is 0. The third-order valence-corrected chi connectivity index (χ3v) is 3.35. The molecule has 3 aromatic heterocycles. The summed E-state index contributed by atoms with van der Waals surface area (Å²) in [6.07, 6.45) is 6.80. The molecular formula is C15H9FN4. The second-order valence-electron chi connectivity index (χ2n) is 4.53. The van der Waals surface area contributed by atoms with Gasteiger partial charge in [-0.3, -0.25) is 9.38 Å². The topological polar surface area (TPSA) is 43.1 Å². The number of halogens is 1. The molecule has 0 aliphatic rings. The highest BCUT2D eigenvalue weighted by atomic mass is 19.1. The number of aromatic nitrogens is 4. The first kappa shape index (κ1) is 11.0. The molecule has 4 aromatic rings. The van der Waals surface area contributed by atoms with Crippen LogP contribution in [0.2, 0.25) is 0 Å². The Balaban J connectivity index is 2.07. The Hall–Kier alpha value is -2.82. The maximum absolute atomic E-state index is 14.3. The lowest BCUT2D eigenvalue weighted by Gasteiger charge is -2.08. The van der Waals surface area contributed by atoms with Crippen molar-refractivity contribution in [1.82, 2.24) is 19.6 Å². The zero-order chi connectivity index (χ0) is 13.5. The molecule has 0 saturated carbocycles. The summed E-state index contributed by atoms with van der Waals surface area (Å²) in [5, 5.41) is 9.52. The molecule has 0 saturated heterocycles. The third-order valence-electron chi connectivity index (χ3n) is 3.35. The van der Waals surface area contributed by atoms with Gasteiger partial charge in [-0.1, -0.05) is 6.07 Å². The van der Waals surface area contributed by atoms with E-state index in [4.69, 9.17) is 0 Å². The fraction of sp³-hybridized carbons (Fsp3) is 0. The van der Waals surface area contributed by atoms with Crippen molar-refractivity contribution in [3.05, 3.63) is 61.1 Å². The van der Waals surface area contributed by atoms with E-state index in [0.717, 1.165) is 22.0 Å². The summed E-state index contributed by atoms with van der Waals surface area (Å²) in [5.41, 5.74) is 2.05. The van der Waals surface area contributed by atoms with Crippen LogP contribution in [0, 0.1) is 5.82 Å². The Morgan fingerprint density at radius 3 is 2.95 bits per heavy atom. The molecular weight excluding hydrogens is 255 g/mol. The fourth-order valence-electron chi connectivity index (χ4n) is 2.40. The van der Waals surface area contributed by atoms with Crippen LogP contribution in [0.1, 0.15) is 0 Å². The van der Waals surface area contributed by atoms with Crippen molar-refractivity contribution in [3.63, 3.8) is 0 Å². The predicted molar refractivity (Wildman–Crippen MR) is 73.7 cm³/mol. The molecule has 1 aromatic carbocycles. The van der Waals surface area contributed by atoms with Crippen molar-refractivity contribution in [3.8, 4) is 11.1 Å². The summed E-state index contributed by atoms with van der Waals surface area (Å²) < 4.78 is 16.0. The number of benzene rings is 1. The largest absolute Gasteiger partial charge is 0.288 e. The van der Waals surface area contributed by atoms with Crippen LogP contribution >= 0.6 is 0 Å². The van der Waals surface area contributed by atoms with E-state index in [2.05, 4.69) is 15.2 Å². The van der Waals surface area contributed by atoms with Crippen LogP contribution in [-0.4, -0.2) is 19.6 Å². The van der Waals surface area contributed by atoms with Crippen LogP contribution in [0.3, 0.4) is 0 Å². The smallest absolute Gasteiger partial charge is 0.160 e. The normalized spacial score (nSPS) is 11.2. The standard InChI is InChI=1S/C15H9FN4/c16-13-3-1-10-5-6-17-7-12(10)15(13)11-2-4-14-19-18-9-20(14)8-11/h1-9H. The van der Waals surface area contributed by atoms with Gasteiger partial charge in [-0.15, -0.1) is 10.2 Å². The Morgan fingerprint density at radius 2 is 2.00 bits per heavy atom. The zero-order valence-corrected chi connectivity index (χ0v) is 10.4. The predicted octanol–water partition coefficient (Wildman–Crippen LogP) is 3.08. The van der Waals surface area contributed by atoms with E-state index in [1.807, 2.05) is 24.4 Å². The van der Waals surface area contributed by atoms with Crippen LogP contribution in [0.15, 0.2) is 55.2 Å². The van der Waals surface area contributed by atoms with Crippen molar-refractivity contribution in [2.24, 2.45) is 0 Å². The van der Waals surface area contributed by atoms with Crippen molar-refractivity contribution in [2.75, 3.05) is 0 Å². The van der Waals surface area contributed by atoms with Crippen molar-refractivity contribution in [1.29, 1.82) is 0 Å². The Morgan fingerprint density at radius 1 is 1.05 bits per heavy atom. The summed E-state index contributed by atoms with van der Waals surface area (Å²) in [5.74, 6) is -0.266. The van der Waals surface area contributed by atoms with Crippen LogP contribution in [-0.2, 0) is 0 Å². The second-order valence-corrected chi connectivity index (χ2v) is 4.53. The highest BCUT2D eigenvalue weighted by molar-refractivity contribution is 5.96. The molecule has 3 heterocycles. The second kappa shape index (κ2) is 4.09. The minimum atomic E-state index is -0.266. The maximum Gasteiger partial charge on any atom is 0.160 e. The van der Waals surface area contributed by atoms with Crippen molar-refractivity contribution < 1.29 is 4.39 Å². The minimum Gasteiger partial charge on any atom is -0.288 e. The molecule has 0 amide bonds. The molecule has 4 nitrogen and oxygen atoms in total. The lowest BCUT2D eigenvalue weighted by Crippen LogP contribution is -1.91. The molecule has 0 atom stereocenters. The van der Waals surface area contributed by atoms with Gasteiger partial charge in [-0.2, -0.15) is 0 Å². The van der Waals surface area contributed by atoms with E-state index in [0.29, 0.717) is 5.56 Å². The van der Waals surface area contributed by atoms with Gasteiger partial charge >= 0.3 is 0 Å². The van der Waals surface area contributed by atoms with Crippen LogP contribution in [0.4, 0.5) is 4.39 Å². The number of hydrogen-bond donors (Lipinski definition) is 0. The number of nitrogens with zero attached hydrogens (tertiary/aromatic N) is 4. The Labute approximate surface area is 113 Å². The van der Waals surface area contributed by atoms with Gasteiger partial charge in [-0.25, -0.2) is 4.39 Å². The minimum absolute atomic E-state index is 0.266. The molecule has 0 N–H and O–H groups in total. The summed E-state index contributed by atoms with van der Waals surface area (Å²) in [6, 6.07) is 8.77. The third kappa shape index (κ3) is 1.56. The molecule has 4 rings (SSSR count). The molecule has 5 heteroatoms. The van der Waals surface area contributed by atoms with Crippen molar-refractivity contribution >= 4 is 16.4 Å². The number of hydrogen-bond acceptors (Lipinski definition) is 3. The van der Waals surface area contributed by atoms with Gasteiger partial charge < -0.3 is 0 Å². The van der Waals surface area contributed by atoms with E-state index in [9.17, 15) is 4.39 Å². The average Bonchev–Trinajstić information content (AvgIpc) is 2.94. The van der Waals surface area contributed by atoms with Gasteiger partial charge in [0, 0.05) is 35.1 Å². The molecule has 0 bridgehead atoms. The van der Waals surface area contributed by atoms with E-state index in [1.54, 1.807) is 29.2 Å². The summed E-state index contributed by atoms with van der Waals surface area (Å²) >= 11 is 0. The molecule has 0 unspecified atom stereocenters. The average molecular weight is 264 g/mol. The van der Waals surface area contributed by atoms with E-state index >= 15 is 0 Å². The van der Waals surface area contributed by atoms with Crippen LogP contribution in [0.5, 0.6) is 0 Å². The number of rotatable bonds is 1. The van der Waals surface area contributed by atoms with E-state index < -0.39 is 0 Å². The first-order valence-corrected chi connectivity index (χ1v) is 6.15. The SMILES string of the molecule is Fc1ccc2ccncc2c1-c1ccc2nncn2c1. The summed E-state index contributed by atoms with van der Waals surface area (Å²) in [6.45, 7) is 0. The Kier molecular flexibility index (Phi) is 2.26. The van der Waals surface area contributed by atoms with Gasteiger partial charge in [0.25, 0.3) is 0 Å². The molecule has 20 heavy (non-hydrogen) atoms.